The maximum atomic E-state index is 15.5. The molecule has 5 unspecified atom stereocenters. The fraction of sp³-hybridized carbons (Fsp3) is 0.556. The Bertz CT molecular complexity index is 2100. The van der Waals surface area contributed by atoms with Crippen LogP contribution in [-0.4, -0.2) is 111 Å². The molecule has 1 aliphatic heterocycles. The van der Waals surface area contributed by atoms with Crippen molar-refractivity contribution >= 4 is 35.8 Å². The number of nitrogens with one attached hydrogen (secondary N) is 1. The van der Waals surface area contributed by atoms with Gasteiger partial charge in [0.05, 0.1) is 35.6 Å². The summed E-state index contributed by atoms with van der Waals surface area (Å²) in [6.45, 7) is 12.9. The highest BCUT2D eigenvalue weighted by Crippen LogP contribution is 2.64. The first kappa shape index (κ1) is 45.4. The van der Waals surface area contributed by atoms with E-state index in [4.69, 9.17) is 28.4 Å². The Balaban J connectivity index is 1.54. The first-order chi connectivity index (χ1) is 28.4. The van der Waals surface area contributed by atoms with E-state index in [2.05, 4.69) is 5.32 Å². The highest BCUT2D eigenvalue weighted by Gasteiger charge is 2.78. The topological polar surface area (TPSA) is 231 Å². The Kier molecular flexibility index (Phi) is 12.1. The summed E-state index contributed by atoms with van der Waals surface area (Å²) in [6.07, 6.45) is -11.5. The van der Waals surface area contributed by atoms with Crippen LogP contribution in [0.1, 0.15) is 97.1 Å². The molecule has 2 bridgehead atoms. The highest BCUT2D eigenvalue weighted by molar-refractivity contribution is 5.95. The molecule has 4 N–H and O–H groups in total. The predicted molar refractivity (Wildman–Crippen MR) is 213 cm³/mol. The number of Topliss-reactive ketones (excluding diaryl/α,β-unsaturated/α-hetero) is 1. The Morgan fingerprint density at radius 2 is 1.51 bits per heavy atom. The summed E-state index contributed by atoms with van der Waals surface area (Å²) in [6, 6.07) is 14.5. The first-order valence-corrected chi connectivity index (χ1v) is 20.2. The number of carbonyl (C=O) groups is 6. The standard InChI is InChI=1S/C45H55NO15/c1-23-28(58-39(53)33(50)32(26-16-12-10-13-17-26)46-40(54)61-41(4,5)6)21-45(55)37(59-38(52)27-18-14-11-15-19-27)35-43(9,29(49)20-30-44(35,22-56-30)60-25(3)48)36(51)34(57-24(2)47)31(23)42(45,7)8/h10-19,28-30,32-35,37,49-50,55H,20-22H2,1-9H3,(H,46,54)/t28?,29-,30?,32-,33?,34+,35?,37?,43+,44-,45+/m0/s1. The second-order valence-corrected chi connectivity index (χ2v) is 18.2. The van der Waals surface area contributed by atoms with Gasteiger partial charge in [0.15, 0.2) is 23.6 Å². The lowest BCUT2D eigenvalue weighted by Gasteiger charge is -2.67. The maximum Gasteiger partial charge on any atom is 0.408 e. The maximum absolute atomic E-state index is 15.5. The van der Waals surface area contributed by atoms with E-state index in [-0.39, 0.29) is 29.7 Å². The van der Waals surface area contributed by atoms with Crippen molar-refractivity contribution in [2.24, 2.45) is 16.7 Å². The average Bonchev–Trinajstić information content (AvgIpc) is 3.17. The van der Waals surface area contributed by atoms with E-state index in [0.717, 1.165) is 13.8 Å². The first-order valence-electron chi connectivity index (χ1n) is 20.2. The van der Waals surface area contributed by atoms with Crippen molar-refractivity contribution in [1.82, 2.24) is 5.32 Å². The number of carbonyl (C=O) groups excluding carboxylic acids is 6. The van der Waals surface area contributed by atoms with Gasteiger partial charge in [0, 0.05) is 32.1 Å². The molecule has 330 valence electrons. The Hall–Kier alpha value is -5.16. The fourth-order valence-corrected chi connectivity index (χ4v) is 9.80. The number of ether oxygens (including phenoxy) is 6. The quantitative estimate of drug-likeness (QED) is 0.160. The normalized spacial score (nSPS) is 32.5. The minimum atomic E-state index is -2.40. The second kappa shape index (κ2) is 16.3. The Morgan fingerprint density at radius 1 is 0.902 bits per heavy atom. The summed E-state index contributed by atoms with van der Waals surface area (Å²) in [4.78, 5) is 82.9. The minimum Gasteiger partial charge on any atom is -0.456 e. The monoisotopic (exact) mass is 849 g/mol. The highest BCUT2D eigenvalue weighted by atomic mass is 16.6. The van der Waals surface area contributed by atoms with Gasteiger partial charge in [-0.15, -0.1) is 0 Å². The van der Waals surface area contributed by atoms with Crippen molar-refractivity contribution in [2.45, 2.75) is 135 Å². The van der Waals surface area contributed by atoms with E-state index in [0.29, 0.717) is 5.56 Å². The fourth-order valence-electron chi connectivity index (χ4n) is 9.80. The summed E-state index contributed by atoms with van der Waals surface area (Å²) in [5.74, 6) is -6.30. The smallest absolute Gasteiger partial charge is 0.408 e. The van der Waals surface area contributed by atoms with Crippen molar-refractivity contribution in [3.8, 4) is 0 Å². The van der Waals surface area contributed by atoms with Crippen LogP contribution in [0, 0.1) is 16.7 Å². The molecule has 0 spiro atoms. The molecule has 6 rings (SSSR count). The van der Waals surface area contributed by atoms with Crippen LogP contribution in [0.5, 0.6) is 0 Å². The second-order valence-electron chi connectivity index (χ2n) is 18.2. The number of aliphatic hydroxyl groups excluding tert-OH is 2. The molecule has 3 fully saturated rings. The van der Waals surface area contributed by atoms with E-state index < -0.39 is 118 Å². The van der Waals surface area contributed by atoms with E-state index in [1.54, 1.807) is 83.1 Å². The third-order valence-electron chi connectivity index (χ3n) is 12.8. The van der Waals surface area contributed by atoms with Gasteiger partial charge in [0.25, 0.3) is 0 Å². The van der Waals surface area contributed by atoms with E-state index in [9.17, 15) is 39.3 Å². The van der Waals surface area contributed by atoms with Crippen molar-refractivity contribution in [1.29, 1.82) is 0 Å². The number of fused-ring (bicyclic) bond motifs is 5. The van der Waals surface area contributed by atoms with Gasteiger partial charge >= 0.3 is 30.0 Å². The van der Waals surface area contributed by atoms with Crippen LogP contribution in [0.25, 0.3) is 0 Å². The summed E-state index contributed by atoms with van der Waals surface area (Å²) in [7, 11) is 0. The van der Waals surface area contributed by atoms with E-state index in [1.807, 2.05) is 0 Å². The molecule has 2 saturated carbocycles. The molecule has 3 aliphatic carbocycles. The molecule has 0 aromatic heterocycles. The predicted octanol–water partition coefficient (Wildman–Crippen LogP) is 3.83. The van der Waals surface area contributed by atoms with Crippen molar-refractivity contribution in [2.75, 3.05) is 6.61 Å². The lowest BCUT2D eigenvalue weighted by Crippen LogP contribution is -2.82. The zero-order valence-corrected chi connectivity index (χ0v) is 35.8. The lowest BCUT2D eigenvalue weighted by molar-refractivity contribution is -0.346. The molecule has 61 heavy (non-hydrogen) atoms. The van der Waals surface area contributed by atoms with Crippen LogP contribution in [-0.2, 0) is 47.6 Å². The number of aliphatic hydroxyl groups is 3. The lowest BCUT2D eigenvalue weighted by atomic mass is 9.44. The van der Waals surface area contributed by atoms with E-state index >= 15 is 4.79 Å². The number of alkyl carbamates (subject to hydrolysis) is 1. The number of esters is 4. The van der Waals surface area contributed by atoms with Crippen molar-refractivity contribution in [3.63, 3.8) is 0 Å². The molecule has 4 aliphatic rings. The number of hydrogen-bond donors (Lipinski definition) is 4. The van der Waals surface area contributed by atoms with Crippen LogP contribution < -0.4 is 5.32 Å². The molecular weight excluding hydrogens is 794 g/mol. The zero-order chi connectivity index (χ0) is 45.0. The third-order valence-corrected chi connectivity index (χ3v) is 12.8. The molecule has 16 heteroatoms. The molecule has 0 radical (unpaired) electrons. The molecule has 1 heterocycles. The largest absolute Gasteiger partial charge is 0.456 e. The molecule has 2 aromatic carbocycles. The summed E-state index contributed by atoms with van der Waals surface area (Å²) < 4.78 is 35.6. The molecule has 1 saturated heterocycles. The molecule has 11 atom stereocenters. The number of benzene rings is 2. The molecule has 2 aromatic rings. The van der Waals surface area contributed by atoms with Crippen LogP contribution >= 0.6 is 0 Å². The van der Waals surface area contributed by atoms with Gasteiger partial charge in [-0.1, -0.05) is 62.4 Å². The average molecular weight is 850 g/mol. The van der Waals surface area contributed by atoms with Gasteiger partial charge in [-0.25, -0.2) is 14.4 Å². The van der Waals surface area contributed by atoms with Crippen LogP contribution in [0.2, 0.25) is 0 Å². The number of ketones is 1. The minimum absolute atomic E-state index is 0.0126. The number of hydrogen-bond acceptors (Lipinski definition) is 15. The van der Waals surface area contributed by atoms with Crippen molar-refractivity contribution < 1.29 is 72.5 Å². The van der Waals surface area contributed by atoms with Crippen LogP contribution in [0.15, 0.2) is 71.8 Å². The number of rotatable bonds is 9. The summed E-state index contributed by atoms with van der Waals surface area (Å²) in [5, 5.41) is 39.9. The summed E-state index contributed by atoms with van der Waals surface area (Å²) in [5.41, 5.74) is -8.30. The molecular formula is C45H55NO15. The Labute approximate surface area is 353 Å². The third kappa shape index (κ3) is 7.94. The molecule has 16 nitrogen and oxygen atoms in total. The Morgan fingerprint density at radius 3 is 2.05 bits per heavy atom. The van der Waals surface area contributed by atoms with E-state index in [1.165, 1.54) is 26.0 Å². The van der Waals surface area contributed by atoms with Gasteiger partial charge in [0.2, 0.25) is 0 Å². The van der Waals surface area contributed by atoms with Gasteiger partial charge in [-0.05, 0) is 63.5 Å². The summed E-state index contributed by atoms with van der Waals surface area (Å²) >= 11 is 0. The van der Waals surface area contributed by atoms with Crippen molar-refractivity contribution in [3.05, 3.63) is 82.9 Å². The van der Waals surface area contributed by atoms with Gasteiger partial charge in [-0.3, -0.25) is 14.4 Å². The zero-order valence-electron chi connectivity index (χ0n) is 35.8. The molecule has 1 amide bonds. The van der Waals surface area contributed by atoms with Crippen LogP contribution in [0.4, 0.5) is 4.79 Å². The van der Waals surface area contributed by atoms with Gasteiger partial charge < -0.3 is 49.1 Å². The van der Waals surface area contributed by atoms with Crippen LogP contribution in [0.3, 0.4) is 0 Å². The SMILES string of the molecule is CC(=O)O[C@H]1C(=O)[C@@]2(C)C(C(OC(=O)c3ccccc3)[C@]3(O)CC(OC(=O)C(O)[C@@H](NC(=O)OC(C)(C)C)c4ccccc4)C(C)=C1C3(C)C)[C@]1(OC(C)=O)COC1C[C@@H]2O. The number of amides is 1. The van der Waals surface area contributed by atoms with Gasteiger partial charge in [0.1, 0.15) is 29.5 Å². The van der Waals surface area contributed by atoms with Gasteiger partial charge in [-0.2, -0.15) is 0 Å².